The zero-order valence-electron chi connectivity index (χ0n) is 14.1. The van der Waals surface area contributed by atoms with Crippen molar-refractivity contribution in [3.8, 4) is 0 Å². The number of Topliss-reactive ketones (excluding diaryl/α,β-unsaturated/α-hetero) is 1. The van der Waals surface area contributed by atoms with Crippen LogP contribution in [0.15, 0.2) is 42.5 Å². The van der Waals surface area contributed by atoms with Gasteiger partial charge < -0.3 is 0 Å². The fourth-order valence-corrected chi connectivity index (χ4v) is 2.26. The number of benzene rings is 2. The summed E-state index contributed by atoms with van der Waals surface area (Å²) in [6, 6.07) is 10.5. The number of ketones is 1. The molecule has 2 rings (SSSR count). The molecule has 0 fully saturated rings. The van der Waals surface area contributed by atoms with Crippen LogP contribution in [0.3, 0.4) is 0 Å². The number of hydrogen-bond acceptors (Lipinski definition) is 3. The Morgan fingerprint density at radius 3 is 2.28 bits per heavy atom. The first-order valence-corrected chi connectivity index (χ1v) is 7.82. The molecule has 0 aliphatic rings. The summed E-state index contributed by atoms with van der Waals surface area (Å²) in [4.78, 5) is 35.8. The molecule has 0 radical (unpaired) electrons. The summed E-state index contributed by atoms with van der Waals surface area (Å²) in [5.74, 6) is -1.62. The summed E-state index contributed by atoms with van der Waals surface area (Å²) in [5.41, 5.74) is 7.13. The second-order valence-electron chi connectivity index (χ2n) is 5.75. The van der Waals surface area contributed by atoms with Gasteiger partial charge in [0.2, 0.25) is 5.91 Å². The summed E-state index contributed by atoms with van der Waals surface area (Å²) in [6.45, 7) is 3.74. The first kappa shape index (κ1) is 18.3. The first-order chi connectivity index (χ1) is 11.9. The SMILES string of the molecule is Cc1ccc(C)c(C(=O)CCC(=O)NNC(=O)c2ccc(F)cc2)c1. The maximum Gasteiger partial charge on any atom is 0.269 e. The van der Waals surface area contributed by atoms with E-state index in [1.165, 1.54) is 12.1 Å². The minimum Gasteiger partial charge on any atom is -0.294 e. The summed E-state index contributed by atoms with van der Waals surface area (Å²) >= 11 is 0. The van der Waals surface area contributed by atoms with Gasteiger partial charge in [-0.1, -0.05) is 17.7 Å². The van der Waals surface area contributed by atoms with Crippen molar-refractivity contribution in [2.75, 3.05) is 0 Å². The molecule has 0 spiro atoms. The molecule has 0 aliphatic carbocycles. The standard InChI is InChI=1S/C19H19FN2O3/c1-12-3-4-13(2)16(11-12)17(23)9-10-18(24)21-22-19(25)14-5-7-15(20)8-6-14/h3-8,11H,9-10H2,1-2H3,(H,21,24)(H,22,25). The lowest BCUT2D eigenvalue weighted by Crippen LogP contribution is -2.41. The highest BCUT2D eigenvalue weighted by molar-refractivity contribution is 6.00. The molecule has 0 saturated carbocycles. The third-order valence-corrected chi connectivity index (χ3v) is 3.69. The van der Waals surface area contributed by atoms with E-state index in [9.17, 15) is 18.8 Å². The van der Waals surface area contributed by atoms with Crippen LogP contribution in [0.2, 0.25) is 0 Å². The largest absolute Gasteiger partial charge is 0.294 e. The Hall–Kier alpha value is -3.02. The van der Waals surface area contributed by atoms with Crippen LogP contribution < -0.4 is 10.9 Å². The van der Waals surface area contributed by atoms with Gasteiger partial charge >= 0.3 is 0 Å². The Balaban J connectivity index is 1.82. The van der Waals surface area contributed by atoms with Gasteiger partial charge in [-0.05, 0) is 49.7 Å². The van der Waals surface area contributed by atoms with E-state index in [0.717, 1.165) is 23.3 Å². The molecule has 2 N–H and O–H groups in total. The van der Waals surface area contributed by atoms with Gasteiger partial charge in [-0.25, -0.2) is 4.39 Å². The maximum atomic E-state index is 12.8. The lowest BCUT2D eigenvalue weighted by molar-refractivity contribution is -0.121. The zero-order valence-corrected chi connectivity index (χ0v) is 14.1. The molecule has 5 nitrogen and oxygen atoms in total. The van der Waals surface area contributed by atoms with Crippen LogP contribution in [0.1, 0.15) is 44.7 Å². The first-order valence-electron chi connectivity index (χ1n) is 7.82. The molecular formula is C19H19FN2O3. The quantitative estimate of drug-likeness (QED) is 0.648. The number of hydrogen-bond donors (Lipinski definition) is 2. The third-order valence-electron chi connectivity index (χ3n) is 3.69. The number of aryl methyl sites for hydroxylation is 2. The van der Waals surface area contributed by atoms with Crippen molar-refractivity contribution in [1.29, 1.82) is 0 Å². The molecule has 0 heterocycles. The van der Waals surface area contributed by atoms with E-state index < -0.39 is 17.6 Å². The molecular weight excluding hydrogens is 323 g/mol. The highest BCUT2D eigenvalue weighted by Crippen LogP contribution is 2.13. The van der Waals surface area contributed by atoms with Gasteiger partial charge in [0.05, 0.1) is 0 Å². The van der Waals surface area contributed by atoms with Gasteiger partial charge in [0.25, 0.3) is 5.91 Å². The number of nitrogens with one attached hydrogen (secondary N) is 2. The highest BCUT2D eigenvalue weighted by atomic mass is 19.1. The normalized spacial score (nSPS) is 10.2. The predicted octanol–water partition coefficient (Wildman–Crippen LogP) is 2.87. The van der Waals surface area contributed by atoms with Crippen molar-refractivity contribution >= 4 is 17.6 Å². The van der Waals surface area contributed by atoms with Crippen molar-refractivity contribution in [3.63, 3.8) is 0 Å². The molecule has 2 aromatic carbocycles. The van der Waals surface area contributed by atoms with Gasteiger partial charge in [-0.2, -0.15) is 0 Å². The van der Waals surface area contributed by atoms with Crippen LogP contribution in [-0.4, -0.2) is 17.6 Å². The monoisotopic (exact) mass is 342 g/mol. The van der Waals surface area contributed by atoms with E-state index in [0.29, 0.717) is 5.56 Å². The number of carbonyl (C=O) groups is 3. The minimum atomic E-state index is -0.561. The fourth-order valence-electron chi connectivity index (χ4n) is 2.26. The lowest BCUT2D eigenvalue weighted by atomic mass is 9.99. The molecule has 0 atom stereocenters. The Kier molecular flexibility index (Phi) is 6.00. The third kappa shape index (κ3) is 5.24. The lowest BCUT2D eigenvalue weighted by Gasteiger charge is -2.08. The van der Waals surface area contributed by atoms with Crippen molar-refractivity contribution in [1.82, 2.24) is 10.9 Å². The number of amides is 2. The van der Waals surface area contributed by atoms with Gasteiger partial charge in [0, 0.05) is 24.0 Å². The smallest absolute Gasteiger partial charge is 0.269 e. The second kappa shape index (κ2) is 8.19. The van der Waals surface area contributed by atoms with Crippen molar-refractivity contribution in [2.45, 2.75) is 26.7 Å². The predicted molar refractivity (Wildman–Crippen MR) is 91.5 cm³/mol. The van der Waals surface area contributed by atoms with Gasteiger partial charge in [0.1, 0.15) is 5.82 Å². The van der Waals surface area contributed by atoms with Crippen molar-refractivity contribution in [2.24, 2.45) is 0 Å². The molecule has 6 heteroatoms. The molecule has 2 aromatic rings. The van der Waals surface area contributed by atoms with Crippen LogP contribution in [-0.2, 0) is 4.79 Å². The minimum absolute atomic E-state index is 0.0442. The summed E-state index contributed by atoms with van der Waals surface area (Å²) in [7, 11) is 0. The molecule has 0 aromatic heterocycles. The molecule has 0 unspecified atom stereocenters. The van der Waals surface area contributed by atoms with Gasteiger partial charge in [-0.3, -0.25) is 25.2 Å². The van der Waals surface area contributed by atoms with E-state index in [-0.39, 0.29) is 24.2 Å². The fraction of sp³-hybridized carbons (Fsp3) is 0.211. The topological polar surface area (TPSA) is 75.3 Å². The van der Waals surface area contributed by atoms with E-state index >= 15 is 0 Å². The molecule has 0 saturated heterocycles. The van der Waals surface area contributed by atoms with Crippen molar-refractivity contribution in [3.05, 3.63) is 70.5 Å². The number of carbonyl (C=O) groups excluding carboxylic acids is 3. The van der Waals surface area contributed by atoms with Crippen molar-refractivity contribution < 1.29 is 18.8 Å². The molecule has 0 bridgehead atoms. The Labute approximate surface area is 145 Å². The Morgan fingerprint density at radius 2 is 1.60 bits per heavy atom. The molecule has 25 heavy (non-hydrogen) atoms. The average molecular weight is 342 g/mol. The summed E-state index contributed by atoms with van der Waals surface area (Å²) in [5, 5.41) is 0. The number of rotatable bonds is 5. The number of halogens is 1. The Morgan fingerprint density at radius 1 is 0.920 bits per heavy atom. The van der Waals surface area contributed by atoms with Crippen LogP contribution >= 0.6 is 0 Å². The highest BCUT2D eigenvalue weighted by Gasteiger charge is 2.13. The van der Waals surface area contributed by atoms with Crippen LogP contribution in [0.25, 0.3) is 0 Å². The molecule has 130 valence electrons. The summed E-state index contributed by atoms with van der Waals surface area (Å²) in [6.07, 6.45) is -0.00153. The maximum absolute atomic E-state index is 12.8. The van der Waals surface area contributed by atoms with Crippen LogP contribution in [0.5, 0.6) is 0 Å². The number of hydrazine groups is 1. The molecule has 0 aliphatic heterocycles. The average Bonchev–Trinajstić information content (AvgIpc) is 2.60. The van der Waals surface area contributed by atoms with Crippen LogP contribution in [0.4, 0.5) is 4.39 Å². The second-order valence-corrected chi connectivity index (χ2v) is 5.75. The Bertz CT molecular complexity index is 801. The zero-order chi connectivity index (χ0) is 18.4. The van der Waals surface area contributed by atoms with E-state index in [2.05, 4.69) is 10.9 Å². The summed E-state index contributed by atoms with van der Waals surface area (Å²) < 4.78 is 12.8. The van der Waals surface area contributed by atoms with Gasteiger partial charge in [-0.15, -0.1) is 0 Å². The van der Waals surface area contributed by atoms with E-state index in [4.69, 9.17) is 0 Å². The van der Waals surface area contributed by atoms with E-state index in [1.54, 1.807) is 6.07 Å². The molecule has 2 amide bonds. The van der Waals surface area contributed by atoms with Gasteiger partial charge in [0.15, 0.2) is 5.78 Å². The van der Waals surface area contributed by atoms with E-state index in [1.807, 2.05) is 26.0 Å². The van der Waals surface area contributed by atoms with Crippen LogP contribution in [0, 0.1) is 19.7 Å².